The molecule has 1 aromatic carbocycles. The maximum Gasteiger partial charge on any atom is -0.0307 e. The van der Waals surface area contributed by atoms with E-state index in [9.17, 15) is 0 Å². The van der Waals surface area contributed by atoms with Crippen molar-refractivity contribution >= 4 is 0 Å². The zero-order valence-electron chi connectivity index (χ0n) is 8.82. The molecule has 14 heavy (non-hydrogen) atoms. The SMILES string of the molecule is C1=CCCC=C1.CCc1ccccc1. The molecular formula is C14H18. The number of rotatable bonds is 1. The molecule has 0 saturated carbocycles. The number of benzene rings is 1. The van der Waals surface area contributed by atoms with Crippen molar-refractivity contribution < 1.29 is 0 Å². The predicted octanol–water partition coefficient (Wildman–Crippen LogP) is 4.14. The van der Waals surface area contributed by atoms with Crippen LogP contribution in [0.25, 0.3) is 0 Å². The van der Waals surface area contributed by atoms with E-state index >= 15 is 0 Å². The molecule has 0 saturated heterocycles. The number of hydrogen-bond acceptors (Lipinski definition) is 0. The Kier molecular flexibility index (Phi) is 5.49. The maximum atomic E-state index is 2.18. The van der Waals surface area contributed by atoms with Gasteiger partial charge in [0, 0.05) is 0 Å². The molecule has 0 radical (unpaired) electrons. The van der Waals surface area contributed by atoms with E-state index in [0.29, 0.717) is 0 Å². The molecule has 0 heteroatoms. The number of allylic oxidation sites excluding steroid dienone is 4. The summed E-state index contributed by atoms with van der Waals surface area (Å²) in [6.45, 7) is 2.16. The predicted molar refractivity (Wildman–Crippen MR) is 63.3 cm³/mol. The highest BCUT2D eigenvalue weighted by molar-refractivity contribution is 5.13. The minimum absolute atomic E-state index is 1.14. The second-order valence-corrected chi connectivity index (χ2v) is 3.27. The quantitative estimate of drug-likeness (QED) is 0.618. The molecule has 0 amide bonds. The molecule has 74 valence electrons. The zero-order valence-corrected chi connectivity index (χ0v) is 8.82. The van der Waals surface area contributed by atoms with Crippen molar-refractivity contribution in [2.24, 2.45) is 0 Å². The lowest BCUT2D eigenvalue weighted by Gasteiger charge is -1.89. The fraction of sp³-hybridized carbons (Fsp3) is 0.286. The van der Waals surface area contributed by atoms with Crippen LogP contribution < -0.4 is 0 Å². The van der Waals surface area contributed by atoms with Crippen molar-refractivity contribution in [2.75, 3.05) is 0 Å². The molecule has 0 aliphatic heterocycles. The molecule has 0 aromatic heterocycles. The Bertz CT molecular complexity index is 268. The summed E-state index contributed by atoms with van der Waals surface area (Å²) in [5, 5.41) is 0. The standard InChI is InChI=1S/C8H10.C6H8/c1-2-8-6-4-3-5-7-8;1-2-4-6-5-3-1/h3-7H,2H2,1H3;1-4H,5-6H2. The number of aryl methyl sites for hydroxylation is 1. The monoisotopic (exact) mass is 186 g/mol. The van der Waals surface area contributed by atoms with Crippen LogP contribution in [0, 0.1) is 0 Å². The minimum Gasteiger partial charge on any atom is -0.0842 e. The van der Waals surface area contributed by atoms with Gasteiger partial charge < -0.3 is 0 Å². The van der Waals surface area contributed by atoms with Gasteiger partial charge in [-0.1, -0.05) is 61.6 Å². The van der Waals surface area contributed by atoms with Crippen LogP contribution in [-0.2, 0) is 6.42 Å². The van der Waals surface area contributed by atoms with Gasteiger partial charge >= 0.3 is 0 Å². The Morgan fingerprint density at radius 2 is 1.50 bits per heavy atom. The van der Waals surface area contributed by atoms with Gasteiger partial charge in [0.1, 0.15) is 0 Å². The molecule has 0 N–H and O–H groups in total. The summed E-state index contributed by atoms with van der Waals surface area (Å²) in [7, 11) is 0. The summed E-state index contributed by atoms with van der Waals surface area (Å²) in [4.78, 5) is 0. The van der Waals surface area contributed by atoms with Crippen molar-refractivity contribution in [3.05, 3.63) is 60.2 Å². The highest BCUT2D eigenvalue weighted by Crippen LogP contribution is 1.98. The Hall–Kier alpha value is -1.30. The Morgan fingerprint density at radius 1 is 0.929 bits per heavy atom. The van der Waals surface area contributed by atoms with Crippen molar-refractivity contribution in [2.45, 2.75) is 26.2 Å². The lowest BCUT2D eigenvalue weighted by atomic mass is 10.2. The van der Waals surface area contributed by atoms with Crippen LogP contribution in [0.1, 0.15) is 25.3 Å². The molecule has 0 atom stereocenters. The second kappa shape index (κ2) is 7.14. The zero-order chi connectivity index (χ0) is 10.1. The molecule has 1 aliphatic carbocycles. The topological polar surface area (TPSA) is 0 Å². The van der Waals surface area contributed by atoms with Crippen LogP contribution >= 0.6 is 0 Å². The van der Waals surface area contributed by atoms with Crippen LogP contribution in [0.15, 0.2) is 54.6 Å². The highest BCUT2D eigenvalue weighted by atomic mass is 13.9. The van der Waals surface area contributed by atoms with Gasteiger partial charge in [0.25, 0.3) is 0 Å². The average Bonchev–Trinajstić information content (AvgIpc) is 2.33. The van der Waals surface area contributed by atoms with Crippen LogP contribution in [0.2, 0.25) is 0 Å². The van der Waals surface area contributed by atoms with E-state index in [1.54, 1.807) is 0 Å². The normalized spacial score (nSPS) is 13.2. The first kappa shape index (κ1) is 10.8. The van der Waals surface area contributed by atoms with Gasteiger partial charge in [-0.3, -0.25) is 0 Å². The molecule has 0 fully saturated rings. The summed E-state index contributed by atoms with van der Waals surface area (Å²) in [5.41, 5.74) is 1.41. The van der Waals surface area contributed by atoms with Gasteiger partial charge in [-0.25, -0.2) is 0 Å². The Balaban J connectivity index is 0.000000146. The molecule has 0 heterocycles. The summed E-state index contributed by atoms with van der Waals surface area (Å²) in [6, 6.07) is 10.5. The molecule has 1 aromatic rings. The lowest BCUT2D eigenvalue weighted by molar-refractivity contribution is 1.04. The Labute approximate surface area is 87.0 Å². The summed E-state index contributed by atoms with van der Waals surface area (Å²) in [6.07, 6.45) is 12.1. The summed E-state index contributed by atoms with van der Waals surface area (Å²) in [5.74, 6) is 0. The van der Waals surface area contributed by atoms with E-state index in [0.717, 1.165) is 6.42 Å². The third-order valence-electron chi connectivity index (χ3n) is 2.13. The fourth-order valence-electron chi connectivity index (χ4n) is 1.26. The number of hydrogen-bond donors (Lipinski definition) is 0. The first-order valence-electron chi connectivity index (χ1n) is 5.29. The van der Waals surface area contributed by atoms with Crippen molar-refractivity contribution in [1.29, 1.82) is 0 Å². The molecule has 0 unspecified atom stereocenters. The van der Waals surface area contributed by atoms with E-state index in [1.165, 1.54) is 18.4 Å². The van der Waals surface area contributed by atoms with Gasteiger partial charge in [0.2, 0.25) is 0 Å². The van der Waals surface area contributed by atoms with Crippen molar-refractivity contribution in [1.82, 2.24) is 0 Å². The van der Waals surface area contributed by atoms with E-state index < -0.39 is 0 Å². The molecule has 0 bridgehead atoms. The average molecular weight is 186 g/mol. The van der Waals surface area contributed by atoms with E-state index in [-0.39, 0.29) is 0 Å². The van der Waals surface area contributed by atoms with Gasteiger partial charge in [-0.05, 0) is 24.8 Å². The molecule has 0 nitrogen and oxygen atoms in total. The first-order valence-corrected chi connectivity index (χ1v) is 5.29. The smallest absolute Gasteiger partial charge is 0.0307 e. The van der Waals surface area contributed by atoms with Crippen molar-refractivity contribution in [3.63, 3.8) is 0 Å². The molecular weight excluding hydrogens is 168 g/mol. The van der Waals surface area contributed by atoms with E-state index in [2.05, 4.69) is 55.5 Å². The second-order valence-electron chi connectivity index (χ2n) is 3.27. The minimum atomic E-state index is 1.14. The van der Waals surface area contributed by atoms with E-state index in [4.69, 9.17) is 0 Å². The van der Waals surface area contributed by atoms with Gasteiger partial charge in [-0.2, -0.15) is 0 Å². The maximum absolute atomic E-state index is 2.18. The summed E-state index contributed by atoms with van der Waals surface area (Å²) < 4.78 is 0. The first-order chi connectivity index (χ1) is 6.93. The van der Waals surface area contributed by atoms with Gasteiger partial charge in [-0.15, -0.1) is 0 Å². The Morgan fingerprint density at radius 3 is 1.79 bits per heavy atom. The van der Waals surface area contributed by atoms with Crippen molar-refractivity contribution in [3.8, 4) is 0 Å². The molecule has 1 aliphatic rings. The van der Waals surface area contributed by atoms with Gasteiger partial charge in [0.05, 0.1) is 0 Å². The van der Waals surface area contributed by atoms with Crippen LogP contribution in [0.3, 0.4) is 0 Å². The highest BCUT2D eigenvalue weighted by Gasteiger charge is 1.80. The largest absolute Gasteiger partial charge is 0.0842 e. The lowest BCUT2D eigenvalue weighted by Crippen LogP contribution is -1.73. The third-order valence-corrected chi connectivity index (χ3v) is 2.13. The fourth-order valence-corrected chi connectivity index (χ4v) is 1.26. The molecule has 2 rings (SSSR count). The van der Waals surface area contributed by atoms with Gasteiger partial charge in [0.15, 0.2) is 0 Å². The van der Waals surface area contributed by atoms with E-state index in [1.807, 2.05) is 6.07 Å². The third kappa shape index (κ3) is 4.66. The van der Waals surface area contributed by atoms with Crippen LogP contribution in [0.4, 0.5) is 0 Å². The van der Waals surface area contributed by atoms with Crippen LogP contribution in [-0.4, -0.2) is 0 Å². The van der Waals surface area contributed by atoms with Crippen LogP contribution in [0.5, 0.6) is 0 Å². The molecule has 0 spiro atoms. The summed E-state index contributed by atoms with van der Waals surface area (Å²) >= 11 is 0.